The zero-order chi connectivity index (χ0) is 35.6. The molecule has 0 spiro atoms. The zero-order valence-electron chi connectivity index (χ0n) is 34.6. The SMILES string of the molecule is C1=CCC/C=C\CC1.C1=CCC/C=C\CC1.CC(C)(C)C(=O)O.CC(C)(C)C(=O)O.CC(C)(C)C(O)O.CC(C)(C)C(O)O.[CH3-].[CH3-].[CH3-].[CH3-].[Ru+2].[Ru+2]. The van der Waals surface area contributed by atoms with Crippen LogP contribution >= 0.6 is 0 Å². The molecule has 0 heterocycles. The Morgan fingerprint density at radius 3 is 0.520 bits per heavy atom. The largest absolute Gasteiger partial charge is 2.00 e. The van der Waals surface area contributed by atoms with Gasteiger partial charge in [-0.05, 0) is 92.9 Å². The van der Waals surface area contributed by atoms with E-state index in [9.17, 15) is 9.59 Å². The first-order valence-corrected chi connectivity index (χ1v) is 15.6. The summed E-state index contributed by atoms with van der Waals surface area (Å²) in [6, 6.07) is 0. The van der Waals surface area contributed by atoms with Gasteiger partial charge in [-0.25, -0.2) is 0 Å². The second-order valence-corrected chi connectivity index (χ2v) is 14.8. The molecule has 0 saturated carbocycles. The molecule has 0 saturated heterocycles. The van der Waals surface area contributed by atoms with E-state index < -0.39 is 35.3 Å². The summed E-state index contributed by atoms with van der Waals surface area (Å²) in [5.41, 5.74) is -1.94. The first kappa shape index (κ1) is 74.2. The van der Waals surface area contributed by atoms with Gasteiger partial charge < -0.3 is 60.3 Å². The van der Waals surface area contributed by atoms with E-state index in [0.717, 1.165) is 0 Å². The van der Waals surface area contributed by atoms with Gasteiger partial charge in [0.15, 0.2) is 12.6 Å². The Morgan fingerprint density at radius 2 is 0.480 bits per heavy atom. The van der Waals surface area contributed by atoms with Crippen molar-refractivity contribution in [1.29, 1.82) is 0 Å². The van der Waals surface area contributed by atoms with E-state index >= 15 is 0 Å². The molecule has 0 aromatic heterocycles. The van der Waals surface area contributed by atoms with Crippen molar-refractivity contribution in [2.75, 3.05) is 0 Å². The van der Waals surface area contributed by atoms with Crippen molar-refractivity contribution in [3.8, 4) is 0 Å². The van der Waals surface area contributed by atoms with Gasteiger partial charge in [0.05, 0.1) is 10.8 Å². The van der Waals surface area contributed by atoms with Gasteiger partial charge in [-0.3, -0.25) is 9.59 Å². The van der Waals surface area contributed by atoms with Crippen molar-refractivity contribution in [3.63, 3.8) is 0 Å². The molecule has 2 rings (SSSR count). The molecule has 0 aromatic rings. The fourth-order valence-corrected chi connectivity index (χ4v) is 1.71. The van der Waals surface area contributed by atoms with Gasteiger partial charge in [-0.15, -0.1) is 0 Å². The van der Waals surface area contributed by atoms with Crippen molar-refractivity contribution in [2.45, 2.75) is 147 Å². The molecule has 0 atom stereocenters. The Hall–Kier alpha value is -1.01. The first-order chi connectivity index (χ1) is 19.8. The summed E-state index contributed by atoms with van der Waals surface area (Å²) in [6.07, 6.45) is 25.6. The van der Waals surface area contributed by atoms with E-state index in [1.165, 1.54) is 51.4 Å². The van der Waals surface area contributed by atoms with Crippen LogP contribution in [0.3, 0.4) is 0 Å². The van der Waals surface area contributed by atoms with E-state index in [1.807, 2.05) is 0 Å². The summed E-state index contributed by atoms with van der Waals surface area (Å²) in [7, 11) is 0. The third kappa shape index (κ3) is 65.4. The summed E-state index contributed by atoms with van der Waals surface area (Å²) < 4.78 is 0. The van der Waals surface area contributed by atoms with Crippen LogP contribution in [-0.4, -0.2) is 55.2 Å². The topological polar surface area (TPSA) is 156 Å². The van der Waals surface area contributed by atoms with Crippen molar-refractivity contribution in [1.82, 2.24) is 0 Å². The Balaban J connectivity index is -0.0000000470. The average Bonchev–Trinajstić information content (AvgIpc) is 2.77. The number of carboxylic acid groups (broad SMARTS) is 2. The summed E-state index contributed by atoms with van der Waals surface area (Å²) in [6.45, 7) is 20.5. The van der Waals surface area contributed by atoms with Crippen LogP contribution in [0.1, 0.15) is 134 Å². The van der Waals surface area contributed by atoms with E-state index in [1.54, 1.807) is 83.1 Å². The number of aliphatic hydroxyl groups excluding tert-OH is 2. The van der Waals surface area contributed by atoms with Crippen LogP contribution in [0.15, 0.2) is 48.6 Å². The normalized spacial score (nSPS) is 14.4. The fraction of sp³-hybridized carbons (Fsp3) is 0.650. The minimum absolute atomic E-state index is 0. The fourth-order valence-electron chi connectivity index (χ4n) is 1.71. The third-order valence-corrected chi connectivity index (χ3v) is 5.50. The minimum atomic E-state index is -1.20. The van der Waals surface area contributed by atoms with E-state index in [4.69, 9.17) is 30.6 Å². The molecule has 10 heteroatoms. The Morgan fingerprint density at radius 1 is 0.400 bits per heavy atom. The summed E-state index contributed by atoms with van der Waals surface area (Å²) in [5.74, 6) is -1.51. The monoisotopic (exact) mass is 892 g/mol. The van der Waals surface area contributed by atoms with Crippen LogP contribution in [0.5, 0.6) is 0 Å². The molecular formula is C40H80O8Ru2. The molecule has 50 heavy (non-hydrogen) atoms. The number of allylic oxidation sites excluding steroid dienone is 8. The number of aliphatic carboxylic acids is 2. The Labute approximate surface area is 336 Å². The van der Waals surface area contributed by atoms with Crippen LogP contribution < -0.4 is 0 Å². The smallest absolute Gasteiger partial charge is 0.481 e. The maximum Gasteiger partial charge on any atom is 2.00 e. The van der Waals surface area contributed by atoms with Gasteiger partial charge in [0, 0.05) is 10.8 Å². The number of hydrogen-bond acceptors (Lipinski definition) is 6. The molecule has 0 fully saturated rings. The predicted molar refractivity (Wildman–Crippen MR) is 209 cm³/mol. The van der Waals surface area contributed by atoms with Crippen molar-refractivity contribution in [3.05, 3.63) is 78.3 Å². The third-order valence-electron chi connectivity index (χ3n) is 5.50. The van der Waals surface area contributed by atoms with Crippen LogP contribution in [-0.2, 0) is 48.5 Å². The van der Waals surface area contributed by atoms with Gasteiger partial charge in [-0.2, -0.15) is 0 Å². The number of aliphatic hydroxyl groups is 4. The molecular weight excluding hydrogens is 811 g/mol. The standard InChI is InChI=1S/2C8H12.2C5H12O2.2C5H10O2.4CH3.2Ru/c2*1-2-4-6-8-7-5-3-1;4*1-5(2,3)4(6)7;;;;;;/h2*1-2,7-8H,3-6H2;2*4,6-7H,1-3H3;2*1-3H3,(H,6,7);4*1H3;;/q;;;;;;4*-1;2*+2/b2*2-1-,8-7?;;;;;;;;;;. The van der Waals surface area contributed by atoms with Gasteiger partial charge in [-0.1, -0.05) is 90.2 Å². The van der Waals surface area contributed by atoms with Crippen LogP contribution in [0.25, 0.3) is 0 Å². The second-order valence-electron chi connectivity index (χ2n) is 14.8. The van der Waals surface area contributed by atoms with E-state index in [0.29, 0.717) is 0 Å². The maximum atomic E-state index is 10.0. The molecule has 0 bridgehead atoms. The number of carbonyl (C=O) groups is 2. The summed E-state index contributed by atoms with van der Waals surface area (Å²) in [4.78, 5) is 20.0. The average molecular weight is 891 g/mol. The predicted octanol–water partition coefficient (Wildman–Crippen LogP) is 10.1. The number of hydrogen-bond donors (Lipinski definition) is 6. The quantitative estimate of drug-likeness (QED) is 0.0608. The van der Waals surface area contributed by atoms with Crippen molar-refractivity contribution < 1.29 is 79.2 Å². The van der Waals surface area contributed by atoms with Crippen molar-refractivity contribution in [2.24, 2.45) is 21.7 Å². The minimum Gasteiger partial charge on any atom is -0.481 e. The number of carboxylic acids is 2. The van der Waals surface area contributed by atoms with E-state index in [2.05, 4.69) is 48.6 Å². The molecule has 0 unspecified atom stereocenters. The molecule has 2 aliphatic rings. The van der Waals surface area contributed by atoms with Gasteiger partial charge in [0.25, 0.3) is 0 Å². The molecule has 6 N–H and O–H groups in total. The first-order valence-electron chi connectivity index (χ1n) is 15.6. The van der Waals surface area contributed by atoms with Crippen LogP contribution in [0.2, 0.25) is 0 Å². The zero-order valence-corrected chi connectivity index (χ0v) is 38.1. The number of rotatable bonds is 0. The summed E-state index contributed by atoms with van der Waals surface area (Å²) in [5, 5.41) is 50.3. The molecule has 0 aliphatic heterocycles. The second kappa shape index (κ2) is 40.8. The van der Waals surface area contributed by atoms with E-state index in [-0.39, 0.29) is 79.5 Å². The van der Waals surface area contributed by atoms with Gasteiger partial charge in [0.2, 0.25) is 0 Å². The van der Waals surface area contributed by atoms with Gasteiger partial charge in [0.1, 0.15) is 0 Å². The molecule has 8 nitrogen and oxygen atoms in total. The Kier molecular flexibility index (Phi) is 60.5. The molecule has 0 radical (unpaired) electrons. The van der Waals surface area contributed by atoms with Gasteiger partial charge >= 0.3 is 50.9 Å². The molecule has 304 valence electrons. The maximum absolute atomic E-state index is 10.0. The molecule has 2 aliphatic carbocycles. The molecule has 0 aromatic carbocycles. The van der Waals surface area contributed by atoms with Crippen molar-refractivity contribution >= 4 is 11.9 Å². The Bertz CT molecular complexity index is 713. The van der Waals surface area contributed by atoms with Crippen LogP contribution in [0.4, 0.5) is 0 Å². The summed E-state index contributed by atoms with van der Waals surface area (Å²) >= 11 is 0. The molecule has 0 amide bonds. The van der Waals surface area contributed by atoms with Crippen LogP contribution in [0, 0.1) is 51.4 Å².